The Labute approximate surface area is 163 Å². The number of hydrogen-bond donors (Lipinski definition) is 0. The van der Waals surface area contributed by atoms with Gasteiger partial charge in [0, 0.05) is 32.8 Å². The normalized spacial score (nSPS) is 19.8. The second-order valence-electron chi connectivity index (χ2n) is 7.73. The molecule has 3 heterocycles. The van der Waals surface area contributed by atoms with Gasteiger partial charge in [-0.1, -0.05) is 12.1 Å². The minimum Gasteiger partial charge on any atom is -0.445 e. The highest BCUT2D eigenvalue weighted by Gasteiger charge is 2.38. The van der Waals surface area contributed by atoms with E-state index in [-0.39, 0.29) is 17.1 Å². The molecule has 0 bridgehead atoms. The van der Waals surface area contributed by atoms with Gasteiger partial charge in [0.05, 0.1) is 23.4 Å². The SMILES string of the molecule is Cn1cc(C(=O)N2CCCC(C)(c3ncc(Cc4cccc(F)c4)o3)C2)cn1. The zero-order valence-corrected chi connectivity index (χ0v) is 16.1. The quantitative estimate of drug-likeness (QED) is 0.694. The zero-order valence-electron chi connectivity index (χ0n) is 16.1. The van der Waals surface area contributed by atoms with Crippen molar-refractivity contribution in [3.63, 3.8) is 0 Å². The lowest BCUT2D eigenvalue weighted by Gasteiger charge is -2.38. The van der Waals surface area contributed by atoms with Crippen LogP contribution in [0.25, 0.3) is 0 Å². The summed E-state index contributed by atoms with van der Waals surface area (Å²) in [5, 5.41) is 4.09. The Balaban J connectivity index is 1.50. The van der Waals surface area contributed by atoms with E-state index in [0.29, 0.717) is 36.7 Å². The predicted molar refractivity (Wildman–Crippen MR) is 101 cm³/mol. The second kappa shape index (κ2) is 7.22. The van der Waals surface area contributed by atoms with Crippen LogP contribution >= 0.6 is 0 Å². The van der Waals surface area contributed by atoms with Crippen LogP contribution in [-0.2, 0) is 18.9 Å². The Morgan fingerprint density at radius 1 is 1.36 bits per heavy atom. The van der Waals surface area contributed by atoms with Gasteiger partial charge in [-0.2, -0.15) is 5.10 Å². The number of carbonyl (C=O) groups is 1. The summed E-state index contributed by atoms with van der Waals surface area (Å²) >= 11 is 0. The number of aromatic nitrogens is 3. The number of halogens is 1. The first kappa shape index (κ1) is 18.4. The van der Waals surface area contributed by atoms with Crippen molar-refractivity contribution < 1.29 is 13.6 Å². The number of nitrogens with zero attached hydrogens (tertiary/aromatic N) is 4. The lowest BCUT2D eigenvalue weighted by atomic mass is 9.81. The van der Waals surface area contributed by atoms with Gasteiger partial charge in [0.15, 0.2) is 0 Å². The number of piperidine rings is 1. The fourth-order valence-electron chi connectivity index (χ4n) is 3.82. The molecule has 1 unspecified atom stereocenters. The second-order valence-corrected chi connectivity index (χ2v) is 7.73. The number of benzene rings is 1. The Kier molecular flexibility index (Phi) is 4.75. The molecule has 1 amide bonds. The number of amides is 1. The van der Waals surface area contributed by atoms with Gasteiger partial charge in [0.2, 0.25) is 5.89 Å². The van der Waals surface area contributed by atoms with E-state index < -0.39 is 0 Å². The lowest BCUT2D eigenvalue weighted by Crippen LogP contribution is -2.47. The third-order valence-electron chi connectivity index (χ3n) is 5.27. The molecule has 1 atom stereocenters. The van der Waals surface area contributed by atoms with Crippen LogP contribution in [-0.4, -0.2) is 38.7 Å². The van der Waals surface area contributed by atoms with Crippen molar-refractivity contribution in [2.24, 2.45) is 7.05 Å². The van der Waals surface area contributed by atoms with Crippen molar-refractivity contribution in [1.29, 1.82) is 0 Å². The average molecular weight is 382 g/mol. The highest BCUT2D eigenvalue weighted by atomic mass is 19.1. The number of oxazole rings is 1. The van der Waals surface area contributed by atoms with Gasteiger partial charge in [0.1, 0.15) is 11.6 Å². The molecule has 6 nitrogen and oxygen atoms in total. The molecule has 2 aromatic heterocycles. The Morgan fingerprint density at radius 2 is 2.21 bits per heavy atom. The molecule has 0 N–H and O–H groups in total. The first-order valence-corrected chi connectivity index (χ1v) is 9.40. The molecule has 1 aliphatic rings. The monoisotopic (exact) mass is 382 g/mol. The van der Waals surface area contributed by atoms with Crippen molar-refractivity contribution in [3.8, 4) is 0 Å². The van der Waals surface area contributed by atoms with Crippen LogP contribution in [0.5, 0.6) is 0 Å². The van der Waals surface area contributed by atoms with E-state index in [0.717, 1.165) is 18.4 Å². The van der Waals surface area contributed by atoms with Crippen molar-refractivity contribution in [3.05, 3.63) is 71.5 Å². The van der Waals surface area contributed by atoms with Gasteiger partial charge in [-0.3, -0.25) is 9.48 Å². The van der Waals surface area contributed by atoms with Gasteiger partial charge in [-0.05, 0) is 37.5 Å². The number of hydrogen-bond acceptors (Lipinski definition) is 4. The molecule has 1 fully saturated rings. The van der Waals surface area contributed by atoms with E-state index in [1.807, 2.05) is 11.0 Å². The maximum Gasteiger partial charge on any atom is 0.257 e. The van der Waals surface area contributed by atoms with Crippen LogP contribution in [0.2, 0.25) is 0 Å². The van der Waals surface area contributed by atoms with E-state index in [1.165, 1.54) is 12.1 Å². The Morgan fingerprint density at radius 3 is 2.96 bits per heavy atom. The summed E-state index contributed by atoms with van der Waals surface area (Å²) in [5.41, 5.74) is 1.08. The molecule has 0 saturated carbocycles. The molecular formula is C21H23FN4O2. The van der Waals surface area contributed by atoms with E-state index in [1.54, 1.807) is 36.4 Å². The largest absolute Gasteiger partial charge is 0.445 e. The van der Waals surface area contributed by atoms with Gasteiger partial charge in [-0.25, -0.2) is 9.37 Å². The van der Waals surface area contributed by atoms with Crippen molar-refractivity contribution >= 4 is 5.91 Å². The van der Waals surface area contributed by atoms with Crippen molar-refractivity contribution in [2.45, 2.75) is 31.6 Å². The lowest BCUT2D eigenvalue weighted by molar-refractivity contribution is 0.0626. The van der Waals surface area contributed by atoms with Crippen LogP contribution in [0.3, 0.4) is 0 Å². The Bertz CT molecular complexity index is 996. The van der Waals surface area contributed by atoms with E-state index in [2.05, 4.69) is 17.0 Å². The average Bonchev–Trinajstić information content (AvgIpc) is 3.31. The molecule has 4 rings (SSSR count). The van der Waals surface area contributed by atoms with Crippen molar-refractivity contribution in [2.75, 3.05) is 13.1 Å². The van der Waals surface area contributed by atoms with Crippen LogP contribution in [0, 0.1) is 5.82 Å². The van der Waals surface area contributed by atoms with Crippen molar-refractivity contribution in [1.82, 2.24) is 19.7 Å². The summed E-state index contributed by atoms with van der Waals surface area (Å²) in [6.45, 7) is 3.33. The zero-order chi connectivity index (χ0) is 19.7. The fraction of sp³-hybridized carbons (Fsp3) is 0.381. The van der Waals surface area contributed by atoms with Gasteiger partial charge in [0.25, 0.3) is 5.91 Å². The topological polar surface area (TPSA) is 64.2 Å². The number of aryl methyl sites for hydroxylation is 1. The van der Waals surface area contributed by atoms with E-state index in [9.17, 15) is 9.18 Å². The van der Waals surface area contributed by atoms with E-state index >= 15 is 0 Å². The highest BCUT2D eigenvalue weighted by molar-refractivity contribution is 5.93. The number of rotatable bonds is 4. The summed E-state index contributed by atoms with van der Waals surface area (Å²) in [6, 6.07) is 6.47. The maximum absolute atomic E-state index is 13.4. The number of likely N-dealkylation sites (tertiary alicyclic amines) is 1. The number of carbonyl (C=O) groups excluding carboxylic acids is 1. The standard InChI is InChI=1S/C21H23FN4O2/c1-21(7-4-8-26(14-21)19(27)16-11-24-25(2)13-16)20-23-12-18(28-20)10-15-5-3-6-17(22)9-15/h3,5-6,9,11-13H,4,7-8,10,14H2,1-2H3. The smallest absolute Gasteiger partial charge is 0.257 e. The molecule has 1 aliphatic heterocycles. The molecule has 0 aliphatic carbocycles. The van der Waals surface area contributed by atoms with Gasteiger partial charge >= 0.3 is 0 Å². The molecule has 146 valence electrons. The minimum absolute atomic E-state index is 0.0226. The maximum atomic E-state index is 13.4. The molecule has 1 saturated heterocycles. The summed E-state index contributed by atoms with van der Waals surface area (Å²) < 4.78 is 21.0. The molecule has 28 heavy (non-hydrogen) atoms. The molecule has 1 aromatic carbocycles. The summed E-state index contributed by atoms with van der Waals surface area (Å²) in [7, 11) is 1.80. The van der Waals surface area contributed by atoms with Gasteiger partial charge in [-0.15, -0.1) is 0 Å². The third kappa shape index (κ3) is 3.69. The van der Waals surface area contributed by atoms with Crippen LogP contribution in [0.15, 0.2) is 47.3 Å². The molecular weight excluding hydrogens is 359 g/mol. The molecule has 3 aromatic rings. The summed E-state index contributed by atoms with van der Waals surface area (Å²) in [6.07, 6.45) is 7.29. The molecule has 7 heteroatoms. The third-order valence-corrected chi connectivity index (χ3v) is 5.27. The fourth-order valence-corrected chi connectivity index (χ4v) is 3.82. The first-order valence-electron chi connectivity index (χ1n) is 9.40. The summed E-state index contributed by atoms with van der Waals surface area (Å²) in [4.78, 5) is 19.1. The van der Waals surface area contributed by atoms with Gasteiger partial charge < -0.3 is 9.32 Å². The van der Waals surface area contributed by atoms with E-state index in [4.69, 9.17) is 4.42 Å². The Hall–Kier alpha value is -2.96. The highest BCUT2D eigenvalue weighted by Crippen LogP contribution is 2.34. The van der Waals surface area contributed by atoms with Crippen LogP contribution < -0.4 is 0 Å². The minimum atomic E-state index is -0.351. The summed E-state index contributed by atoms with van der Waals surface area (Å²) in [5.74, 6) is 1.03. The predicted octanol–water partition coefficient (Wildman–Crippen LogP) is 3.33. The molecule has 0 spiro atoms. The van der Waals surface area contributed by atoms with Crippen LogP contribution in [0.4, 0.5) is 4.39 Å². The van der Waals surface area contributed by atoms with Crippen LogP contribution in [0.1, 0.15) is 47.3 Å². The molecule has 0 radical (unpaired) electrons. The first-order chi connectivity index (χ1) is 13.4.